The molecular formula is C10H14NO3P. The van der Waals surface area contributed by atoms with Gasteiger partial charge in [-0.05, 0) is 32.6 Å². The molecule has 82 valence electrons. The van der Waals surface area contributed by atoms with E-state index in [0.717, 1.165) is 0 Å². The van der Waals surface area contributed by atoms with E-state index in [-0.39, 0.29) is 5.91 Å². The van der Waals surface area contributed by atoms with E-state index < -0.39 is 11.7 Å². The molecule has 0 aliphatic carbocycles. The van der Waals surface area contributed by atoms with Crippen molar-refractivity contribution >= 4 is 20.2 Å². The molecule has 1 atom stereocenters. The molecule has 5 heteroatoms. The van der Waals surface area contributed by atoms with Gasteiger partial charge in [-0.25, -0.2) is 4.79 Å². The summed E-state index contributed by atoms with van der Waals surface area (Å²) in [5.74, 6) is 1.50. The molecule has 0 bridgehead atoms. The Kier molecular flexibility index (Phi) is 3.53. The van der Waals surface area contributed by atoms with Gasteiger partial charge >= 0.3 is 6.09 Å². The Labute approximate surface area is 90.1 Å². The molecule has 0 aliphatic rings. The van der Waals surface area contributed by atoms with Crippen LogP contribution in [0.2, 0.25) is 0 Å². The van der Waals surface area contributed by atoms with E-state index in [1.807, 2.05) is 5.80 Å². The molecule has 0 radical (unpaired) electrons. The first-order valence-corrected chi connectivity index (χ1v) is 5.64. The molecule has 0 aromatic carbocycles. The highest BCUT2D eigenvalue weighted by Gasteiger charge is 2.18. The van der Waals surface area contributed by atoms with Crippen molar-refractivity contribution in [3.05, 3.63) is 23.2 Å². The molecule has 1 heterocycles. The fourth-order valence-electron chi connectivity index (χ4n) is 0.935. The van der Waals surface area contributed by atoms with Crippen molar-refractivity contribution in [3.8, 4) is 0 Å². The molecule has 1 aromatic heterocycles. The number of ether oxygens (including phenoxy) is 1. The summed E-state index contributed by atoms with van der Waals surface area (Å²) in [5, 5.41) is 2.77. The number of carbonyl (C=O) groups excluding carboxylic acids is 2. The molecule has 0 spiro atoms. The van der Waals surface area contributed by atoms with Crippen LogP contribution in [0.1, 0.15) is 30.9 Å². The Morgan fingerprint density at radius 2 is 2.07 bits per heavy atom. The van der Waals surface area contributed by atoms with Crippen molar-refractivity contribution in [3.63, 3.8) is 0 Å². The topological polar surface area (TPSA) is 55.4 Å². The van der Waals surface area contributed by atoms with Crippen LogP contribution in [-0.2, 0) is 4.74 Å². The Morgan fingerprint density at radius 3 is 2.53 bits per heavy atom. The van der Waals surface area contributed by atoms with Crippen molar-refractivity contribution in [2.75, 3.05) is 0 Å². The summed E-state index contributed by atoms with van der Waals surface area (Å²) in [6.07, 6.45) is -0.704. The molecule has 1 unspecified atom stereocenters. The number of hydrogen-bond acceptors (Lipinski definition) is 3. The summed E-state index contributed by atoms with van der Waals surface area (Å²) in [6, 6.07) is 3.49. The lowest BCUT2D eigenvalue weighted by Crippen LogP contribution is -2.35. The summed E-state index contributed by atoms with van der Waals surface area (Å²) < 4.78 is 4.95. The molecule has 2 amide bonds. The van der Waals surface area contributed by atoms with E-state index in [4.69, 9.17) is 4.74 Å². The maximum absolute atomic E-state index is 11.4. The number of amides is 2. The third kappa shape index (κ3) is 4.17. The van der Waals surface area contributed by atoms with Crippen molar-refractivity contribution in [1.82, 2.24) is 5.32 Å². The fraction of sp³-hybridized carbons (Fsp3) is 0.400. The summed E-state index contributed by atoms with van der Waals surface area (Å²) in [7, 11) is 0.328. The number of hydrogen-bond donors (Lipinski definition) is 1. The van der Waals surface area contributed by atoms with Crippen LogP contribution in [-0.4, -0.2) is 17.6 Å². The van der Waals surface area contributed by atoms with Crippen molar-refractivity contribution in [1.29, 1.82) is 0 Å². The van der Waals surface area contributed by atoms with Crippen LogP contribution < -0.4 is 5.32 Å². The highest BCUT2D eigenvalue weighted by atomic mass is 31.0. The maximum Gasteiger partial charge on any atom is 0.414 e. The second-order valence-corrected chi connectivity index (χ2v) is 5.20. The van der Waals surface area contributed by atoms with Crippen molar-refractivity contribution in [2.45, 2.75) is 26.4 Å². The zero-order valence-corrected chi connectivity index (χ0v) is 9.96. The molecule has 0 aliphatic heterocycles. The standard InChI is InChI=1S/C10H14NO3P/c1-10(2,3)14-9(13)11-8(12)7-5-4-6-15-7/h4-6,15H,1-3H3,(H,11,12,13). The Bertz CT molecular complexity index is 351. The van der Waals surface area contributed by atoms with Crippen molar-refractivity contribution in [2.24, 2.45) is 0 Å². The van der Waals surface area contributed by atoms with Crippen LogP contribution in [0.15, 0.2) is 17.9 Å². The lowest BCUT2D eigenvalue weighted by Gasteiger charge is -2.19. The third-order valence-electron chi connectivity index (χ3n) is 1.46. The molecule has 0 fully saturated rings. The summed E-state index contributed by atoms with van der Waals surface area (Å²) in [4.78, 5) is 22.7. The average Bonchev–Trinajstić information content (AvgIpc) is 2.50. The van der Waals surface area contributed by atoms with Crippen molar-refractivity contribution < 1.29 is 14.3 Å². The Morgan fingerprint density at radius 1 is 1.40 bits per heavy atom. The van der Waals surface area contributed by atoms with Gasteiger partial charge in [-0.15, -0.1) is 8.19 Å². The van der Waals surface area contributed by atoms with Crippen LogP contribution in [0.25, 0.3) is 0 Å². The van der Waals surface area contributed by atoms with Crippen LogP contribution >= 0.6 is 8.19 Å². The predicted octanol–water partition coefficient (Wildman–Crippen LogP) is 2.38. The van der Waals surface area contributed by atoms with E-state index in [1.54, 1.807) is 32.9 Å². The van der Waals surface area contributed by atoms with E-state index in [2.05, 4.69) is 5.32 Å². The summed E-state index contributed by atoms with van der Waals surface area (Å²) >= 11 is 0. The molecule has 0 saturated carbocycles. The third-order valence-corrected chi connectivity index (χ3v) is 2.52. The molecular weight excluding hydrogens is 213 g/mol. The minimum Gasteiger partial charge on any atom is -0.444 e. The second kappa shape index (κ2) is 4.49. The molecule has 1 N–H and O–H groups in total. The van der Waals surface area contributed by atoms with Gasteiger partial charge in [0.2, 0.25) is 0 Å². The van der Waals surface area contributed by atoms with E-state index >= 15 is 0 Å². The van der Waals surface area contributed by atoms with E-state index in [0.29, 0.717) is 13.5 Å². The average molecular weight is 227 g/mol. The van der Waals surface area contributed by atoms with Crippen LogP contribution in [0.4, 0.5) is 4.79 Å². The molecule has 15 heavy (non-hydrogen) atoms. The number of nitrogens with one attached hydrogen (secondary N) is 1. The largest absolute Gasteiger partial charge is 0.444 e. The Balaban J connectivity index is 2.50. The monoisotopic (exact) mass is 227 g/mol. The lowest BCUT2D eigenvalue weighted by molar-refractivity contribution is 0.0509. The van der Waals surface area contributed by atoms with Crippen LogP contribution in [0.3, 0.4) is 0 Å². The molecule has 0 saturated heterocycles. The van der Waals surface area contributed by atoms with E-state index in [1.165, 1.54) is 0 Å². The lowest BCUT2D eigenvalue weighted by atomic mass is 10.2. The van der Waals surface area contributed by atoms with Crippen LogP contribution in [0, 0.1) is 0 Å². The quantitative estimate of drug-likeness (QED) is 0.801. The highest BCUT2D eigenvalue weighted by Crippen LogP contribution is 2.14. The summed E-state index contributed by atoms with van der Waals surface area (Å²) in [5.41, 5.74) is -0.588. The van der Waals surface area contributed by atoms with E-state index in [9.17, 15) is 9.59 Å². The number of rotatable bonds is 1. The minimum atomic E-state index is -0.704. The first-order valence-electron chi connectivity index (χ1n) is 4.56. The Hall–Kier alpha value is -1.28. The first kappa shape index (κ1) is 11.8. The predicted molar refractivity (Wildman–Crippen MR) is 59.6 cm³/mol. The molecule has 4 nitrogen and oxygen atoms in total. The van der Waals surface area contributed by atoms with Crippen LogP contribution in [0.5, 0.6) is 0 Å². The van der Waals surface area contributed by atoms with Gasteiger partial charge in [-0.2, -0.15) is 0 Å². The summed E-state index contributed by atoms with van der Waals surface area (Å²) in [6.45, 7) is 5.24. The first-order chi connectivity index (χ1) is 6.88. The zero-order chi connectivity index (χ0) is 11.5. The van der Waals surface area contributed by atoms with Gasteiger partial charge in [0.15, 0.2) is 0 Å². The number of carbonyl (C=O) groups is 2. The van der Waals surface area contributed by atoms with Gasteiger partial charge in [0.25, 0.3) is 5.91 Å². The SMILES string of the molecule is CC(C)(C)OC(=O)NC(=O)c1ccc[pH]1. The normalized spacial score (nSPS) is 11.4. The minimum absolute atomic E-state index is 0.328. The number of imide groups is 1. The maximum atomic E-state index is 11.4. The van der Waals surface area contributed by atoms with Gasteiger partial charge < -0.3 is 4.74 Å². The molecule has 1 rings (SSSR count). The fourth-order valence-corrected chi connectivity index (χ4v) is 1.69. The van der Waals surface area contributed by atoms with Gasteiger partial charge in [-0.3, -0.25) is 10.1 Å². The highest BCUT2D eigenvalue weighted by molar-refractivity contribution is 7.31. The van der Waals surface area contributed by atoms with Gasteiger partial charge in [-0.1, -0.05) is 6.07 Å². The number of alkyl carbamates (subject to hydrolysis) is 1. The van der Waals surface area contributed by atoms with Gasteiger partial charge in [0.1, 0.15) is 5.60 Å². The van der Waals surface area contributed by atoms with Gasteiger partial charge in [0.05, 0.1) is 5.30 Å². The second-order valence-electron chi connectivity index (χ2n) is 4.04. The van der Waals surface area contributed by atoms with Gasteiger partial charge in [0, 0.05) is 0 Å². The zero-order valence-electron chi connectivity index (χ0n) is 8.96. The molecule has 1 aromatic rings. The smallest absolute Gasteiger partial charge is 0.414 e.